The number of nitrogens with one attached hydrogen (secondary N) is 1. The monoisotopic (exact) mass is 381 g/mol. The summed E-state index contributed by atoms with van der Waals surface area (Å²) in [6.07, 6.45) is -0.442. The number of benzene rings is 2. The highest BCUT2D eigenvalue weighted by atomic mass is 16.6. The summed E-state index contributed by atoms with van der Waals surface area (Å²) >= 11 is 0. The van der Waals surface area contributed by atoms with Gasteiger partial charge in [0.15, 0.2) is 5.78 Å². The average molecular weight is 381 g/mol. The summed E-state index contributed by atoms with van der Waals surface area (Å²) in [5, 5.41) is 31.0. The fourth-order valence-corrected chi connectivity index (χ4v) is 2.42. The SMILES string of the molecule is N#CC[C@H](CC(=O)c1ccc([N+](=O)[O-])cc1)C(=O)Nc1ccc(C(=O)O)cc1. The summed E-state index contributed by atoms with van der Waals surface area (Å²) in [7, 11) is 0. The number of nitrogens with zero attached hydrogens (tertiary/aromatic N) is 2. The molecule has 0 saturated heterocycles. The molecule has 0 heterocycles. The van der Waals surface area contributed by atoms with Crippen LogP contribution in [0.4, 0.5) is 11.4 Å². The summed E-state index contributed by atoms with van der Waals surface area (Å²) in [6, 6.07) is 12.3. The van der Waals surface area contributed by atoms with Gasteiger partial charge in [0, 0.05) is 36.2 Å². The molecule has 9 nitrogen and oxygen atoms in total. The lowest BCUT2D eigenvalue weighted by atomic mass is 9.95. The second-order valence-electron chi connectivity index (χ2n) is 5.86. The fourth-order valence-electron chi connectivity index (χ4n) is 2.42. The Morgan fingerprint density at radius 1 is 1.07 bits per heavy atom. The molecule has 2 aromatic carbocycles. The number of nitriles is 1. The van der Waals surface area contributed by atoms with Crippen LogP contribution in [0.25, 0.3) is 0 Å². The third-order valence-electron chi connectivity index (χ3n) is 3.94. The molecular formula is C19H15N3O6. The number of aromatic carboxylic acids is 1. The minimum Gasteiger partial charge on any atom is -0.478 e. The number of carbonyl (C=O) groups excluding carboxylic acids is 2. The predicted octanol–water partition coefficient (Wildman–Crippen LogP) is 3.03. The maximum Gasteiger partial charge on any atom is 0.335 e. The van der Waals surface area contributed by atoms with Gasteiger partial charge < -0.3 is 10.4 Å². The maximum absolute atomic E-state index is 12.4. The van der Waals surface area contributed by atoms with E-state index in [1.807, 2.05) is 6.07 Å². The van der Waals surface area contributed by atoms with Crippen LogP contribution in [0, 0.1) is 27.4 Å². The van der Waals surface area contributed by atoms with Crippen LogP contribution in [0.1, 0.15) is 33.6 Å². The van der Waals surface area contributed by atoms with Crippen LogP contribution in [0.15, 0.2) is 48.5 Å². The van der Waals surface area contributed by atoms with E-state index < -0.39 is 28.5 Å². The zero-order valence-corrected chi connectivity index (χ0v) is 14.5. The number of carboxylic acid groups (broad SMARTS) is 1. The predicted molar refractivity (Wildman–Crippen MR) is 97.8 cm³/mol. The number of amides is 1. The molecule has 28 heavy (non-hydrogen) atoms. The molecular weight excluding hydrogens is 366 g/mol. The Kier molecular flexibility index (Phi) is 6.54. The molecule has 0 unspecified atom stereocenters. The molecule has 2 rings (SSSR count). The number of non-ortho nitro benzene ring substituents is 1. The molecule has 0 aliphatic rings. The molecule has 0 aliphatic heterocycles. The molecule has 0 fully saturated rings. The first-order valence-corrected chi connectivity index (χ1v) is 8.10. The largest absolute Gasteiger partial charge is 0.478 e. The lowest BCUT2D eigenvalue weighted by Crippen LogP contribution is -2.25. The number of hydrogen-bond donors (Lipinski definition) is 2. The number of nitro groups is 1. The smallest absolute Gasteiger partial charge is 0.335 e. The second-order valence-corrected chi connectivity index (χ2v) is 5.86. The van der Waals surface area contributed by atoms with Crippen molar-refractivity contribution in [2.45, 2.75) is 12.8 Å². The van der Waals surface area contributed by atoms with Gasteiger partial charge >= 0.3 is 5.97 Å². The number of Topliss-reactive ketones (excluding diaryl/α,β-unsaturated/α-hetero) is 1. The first kappa shape index (κ1) is 20.3. The summed E-state index contributed by atoms with van der Waals surface area (Å²) in [4.78, 5) is 45.7. The highest BCUT2D eigenvalue weighted by Crippen LogP contribution is 2.19. The number of nitro benzene ring substituents is 1. The van der Waals surface area contributed by atoms with Gasteiger partial charge in [0.05, 0.1) is 22.5 Å². The van der Waals surface area contributed by atoms with Crippen LogP contribution >= 0.6 is 0 Å². The van der Waals surface area contributed by atoms with E-state index in [2.05, 4.69) is 5.32 Å². The second kappa shape index (κ2) is 9.05. The van der Waals surface area contributed by atoms with Crippen molar-refractivity contribution in [3.63, 3.8) is 0 Å². The topological polar surface area (TPSA) is 150 Å². The highest BCUT2D eigenvalue weighted by molar-refractivity contribution is 6.01. The van der Waals surface area contributed by atoms with Gasteiger partial charge in [-0.1, -0.05) is 0 Å². The Morgan fingerprint density at radius 2 is 1.64 bits per heavy atom. The number of ketones is 1. The minimum atomic E-state index is -1.10. The quantitative estimate of drug-likeness (QED) is 0.405. The van der Waals surface area contributed by atoms with Crippen LogP contribution in [-0.4, -0.2) is 27.7 Å². The van der Waals surface area contributed by atoms with E-state index in [1.54, 1.807) is 0 Å². The van der Waals surface area contributed by atoms with Crippen molar-refractivity contribution in [2.75, 3.05) is 5.32 Å². The van der Waals surface area contributed by atoms with E-state index in [-0.39, 0.29) is 29.7 Å². The summed E-state index contributed by atoms with van der Waals surface area (Å²) in [5.41, 5.74) is 0.431. The lowest BCUT2D eigenvalue weighted by Gasteiger charge is -2.13. The number of hydrogen-bond acceptors (Lipinski definition) is 6. The van der Waals surface area contributed by atoms with Crippen molar-refractivity contribution in [3.05, 3.63) is 69.8 Å². The Bertz CT molecular complexity index is 945. The Balaban J connectivity index is 2.07. The molecule has 0 aliphatic carbocycles. The van der Waals surface area contributed by atoms with Gasteiger partial charge in [-0.15, -0.1) is 0 Å². The molecule has 0 aromatic heterocycles. The molecule has 9 heteroatoms. The van der Waals surface area contributed by atoms with E-state index in [1.165, 1.54) is 48.5 Å². The van der Waals surface area contributed by atoms with Gasteiger partial charge in [0.2, 0.25) is 5.91 Å². The summed E-state index contributed by atoms with van der Waals surface area (Å²) in [6.45, 7) is 0. The lowest BCUT2D eigenvalue weighted by molar-refractivity contribution is -0.384. The third-order valence-corrected chi connectivity index (χ3v) is 3.94. The van der Waals surface area contributed by atoms with Crippen molar-refractivity contribution in [1.82, 2.24) is 0 Å². The van der Waals surface area contributed by atoms with Crippen LogP contribution in [0.2, 0.25) is 0 Å². The van der Waals surface area contributed by atoms with Crippen molar-refractivity contribution < 1.29 is 24.4 Å². The van der Waals surface area contributed by atoms with E-state index in [9.17, 15) is 24.5 Å². The first-order valence-electron chi connectivity index (χ1n) is 8.10. The zero-order valence-electron chi connectivity index (χ0n) is 14.5. The van der Waals surface area contributed by atoms with E-state index in [4.69, 9.17) is 10.4 Å². The Hall–Kier alpha value is -4.06. The molecule has 0 bridgehead atoms. The molecule has 0 saturated carbocycles. The molecule has 0 radical (unpaired) electrons. The van der Waals surface area contributed by atoms with E-state index in [0.717, 1.165) is 0 Å². The van der Waals surface area contributed by atoms with Crippen LogP contribution < -0.4 is 5.32 Å². The third kappa shape index (κ3) is 5.22. The zero-order chi connectivity index (χ0) is 20.7. The Labute approximate surface area is 159 Å². The number of carbonyl (C=O) groups is 3. The number of rotatable bonds is 8. The highest BCUT2D eigenvalue weighted by Gasteiger charge is 2.23. The van der Waals surface area contributed by atoms with Crippen molar-refractivity contribution in [1.29, 1.82) is 5.26 Å². The average Bonchev–Trinajstić information content (AvgIpc) is 2.68. The minimum absolute atomic E-state index is 0.0555. The van der Waals surface area contributed by atoms with Gasteiger partial charge in [-0.2, -0.15) is 5.26 Å². The molecule has 0 spiro atoms. The van der Waals surface area contributed by atoms with E-state index in [0.29, 0.717) is 5.69 Å². The molecule has 142 valence electrons. The van der Waals surface area contributed by atoms with Crippen LogP contribution in [-0.2, 0) is 4.79 Å². The summed E-state index contributed by atoms with van der Waals surface area (Å²) < 4.78 is 0. The standard InChI is InChI=1S/C19H15N3O6/c20-10-9-14(11-17(23)12-3-7-16(8-4-12)22(27)28)18(24)21-15-5-1-13(2-6-15)19(25)26/h1-8,14H,9,11H2,(H,21,24)(H,25,26)/t14-/m1/s1. The Morgan fingerprint density at radius 3 is 2.14 bits per heavy atom. The van der Waals surface area contributed by atoms with Crippen molar-refractivity contribution in [2.24, 2.45) is 5.92 Å². The number of carboxylic acids is 1. The van der Waals surface area contributed by atoms with Gasteiger partial charge in [-0.3, -0.25) is 19.7 Å². The normalized spacial score (nSPS) is 11.1. The molecule has 1 atom stereocenters. The van der Waals surface area contributed by atoms with Gasteiger partial charge in [-0.05, 0) is 36.4 Å². The van der Waals surface area contributed by atoms with Gasteiger partial charge in [-0.25, -0.2) is 4.79 Å². The van der Waals surface area contributed by atoms with Crippen molar-refractivity contribution >= 4 is 29.0 Å². The van der Waals surface area contributed by atoms with Crippen LogP contribution in [0.3, 0.4) is 0 Å². The van der Waals surface area contributed by atoms with Crippen LogP contribution in [0.5, 0.6) is 0 Å². The van der Waals surface area contributed by atoms with E-state index >= 15 is 0 Å². The fraction of sp³-hybridized carbons (Fsp3) is 0.158. The first-order chi connectivity index (χ1) is 13.3. The maximum atomic E-state index is 12.4. The van der Waals surface area contributed by atoms with Gasteiger partial charge in [0.1, 0.15) is 0 Å². The number of anilines is 1. The van der Waals surface area contributed by atoms with Crippen molar-refractivity contribution in [3.8, 4) is 6.07 Å². The summed E-state index contributed by atoms with van der Waals surface area (Å²) in [5.74, 6) is -3.01. The molecule has 2 N–H and O–H groups in total. The van der Waals surface area contributed by atoms with Gasteiger partial charge in [0.25, 0.3) is 5.69 Å². The molecule has 2 aromatic rings. The molecule has 1 amide bonds.